The van der Waals surface area contributed by atoms with Gasteiger partial charge in [-0.3, -0.25) is 14.4 Å². The number of fused-ring (bicyclic) bond motifs is 1. The third-order valence-electron chi connectivity index (χ3n) is 5.54. The van der Waals surface area contributed by atoms with Gasteiger partial charge in [-0.25, -0.2) is 0 Å². The maximum atomic E-state index is 13.2. The van der Waals surface area contributed by atoms with E-state index in [2.05, 4.69) is 32.3 Å². The van der Waals surface area contributed by atoms with E-state index in [-0.39, 0.29) is 5.91 Å². The van der Waals surface area contributed by atoms with Gasteiger partial charge in [0.15, 0.2) is 5.69 Å². The number of likely N-dealkylation sites (N-methyl/N-ethyl adjacent to an activating group) is 1. The molecule has 2 aromatic rings. The van der Waals surface area contributed by atoms with E-state index in [9.17, 15) is 4.79 Å². The average molecular weight is 385 g/mol. The van der Waals surface area contributed by atoms with Crippen molar-refractivity contribution < 1.29 is 9.21 Å². The van der Waals surface area contributed by atoms with Crippen LogP contribution in [-0.2, 0) is 25.9 Å². The maximum absolute atomic E-state index is 13.2. The Morgan fingerprint density at radius 3 is 2.82 bits per heavy atom. The zero-order chi connectivity index (χ0) is 20.3. The van der Waals surface area contributed by atoms with E-state index in [1.54, 1.807) is 11.2 Å². The molecule has 0 aliphatic heterocycles. The molecule has 0 bridgehead atoms. The number of aryl methyl sites for hydroxylation is 1. The molecule has 1 aliphatic carbocycles. The van der Waals surface area contributed by atoms with Crippen LogP contribution >= 0.6 is 0 Å². The molecule has 0 aromatic carbocycles. The smallest absolute Gasteiger partial charge is 0.274 e. The minimum atomic E-state index is -0.0385. The van der Waals surface area contributed by atoms with E-state index in [0.717, 1.165) is 50.2 Å². The second kappa shape index (κ2) is 8.78. The molecular formula is C22H32N4O2. The molecule has 2 heterocycles. The van der Waals surface area contributed by atoms with Crippen molar-refractivity contribution in [3.8, 4) is 0 Å². The van der Waals surface area contributed by atoms with Gasteiger partial charge in [0.2, 0.25) is 0 Å². The van der Waals surface area contributed by atoms with E-state index >= 15 is 0 Å². The standard InChI is InChI=1S/C22H32N4O2/c1-6-25(14-16(3)4)17-10-11-20-19(13-17)21(23-26(20)7-2)22(27)24(5)15-18-9-8-12-28-18/h8-9,12,17H,3,6-7,10-11,13-15H2,1-2,4-5H3. The summed E-state index contributed by atoms with van der Waals surface area (Å²) < 4.78 is 7.40. The van der Waals surface area contributed by atoms with Crippen molar-refractivity contribution in [2.75, 3.05) is 20.1 Å². The van der Waals surface area contributed by atoms with Crippen LogP contribution in [0.2, 0.25) is 0 Å². The second-order valence-corrected chi connectivity index (χ2v) is 7.75. The first kappa shape index (κ1) is 20.4. The van der Waals surface area contributed by atoms with Gasteiger partial charge in [-0.2, -0.15) is 5.10 Å². The molecule has 2 aromatic heterocycles. The Labute approximate surface area is 167 Å². The van der Waals surface area contributed by atoms with Gasteiger partial charge in [-0.15, -0.1) is 0 Å². The summed E-state index contributed by atoms with van der Waals surface area (Å²) in [6.45, 7) is 13.5. The number of aromatic nitrogens is 2. The van der Waals surface area contributed by atoms with Gasteiger partial charge in [0.25, 0.3) is 5.91 Å². The van der Waals surface area contributed by atoms with Crippen LogP contribution in [0.15, 0.2) is 35.0 Å². The van der Waals surface area contributed by atoms with E-state index in [0.29, 0.717) is 18.3 Å². The minimum absolute atomic E-state index is 0.0385. The first-order valence-electron chi connectivity index (χ1n) is 10.2. The number of carbonyl (C=O) groups is 1. The lowest BCUT2D eigenvalue weighted by Gasteiger charge is -2.34. The van der Waals surface area contributed by atoms with Crippen LogP contribution in [0.25, 0.3) is 0 Å². The summed E-state index contributed by atoms with van der Waals surface area (Å²) in [7, 11) is 1.81. The molecule has 1 aliphatic rings. The fourth-order valence-corrected chi connectivity index (χ4v) is 4.15. The van der Waals surface area contributed by atoms with Crippen molar-refractivity contribution in [1.29, 1.82) is 0 Å². The lowest BCUT2D eigenvalue weighted by molar-refractivity contribution is 0.0767. The van der Waals surface area contributed by atoms with Crippen LogP contribution in [0.5, 0.6) is 0 Å². The molecule has 6 heteroatoms. The summed E-state index contributed by atoms with van der Waals surface area (Å²) in [6, 6.07) is 4.15. The second-order valence-electron chi connectivity index (χ2n) is 7.75. The number of hydrogen-bond acceptors (Lipinski definition) is 4. The van der Waals surface area contributed by atoms with E-state index in [1.807, 2.05) is 23.9 Å². The largest absolute Gasteiger partial charge is 0.467 e. The van der Waals surface area contributed by atoms with Gasteiger partial charge in [-0.05, 0) is 51.8 Å². The van der Waals surface area contributed by atoms with Gasteiger partial charge in [0.05, 0.1) is 12.8 Å². The maximum Gasteiger partial charge on any atom is 0.274 e. The van der Waals surface area contributed by atoms with Gasteiger partial charge in [0, 0.05) is 37.4 Å². The Morgan fingerprint density at radius 1 is 1.43 bits per heavy atom. The van der Waals surface area contributed by atoms with Gasteiger partial charge in [0.1, 0.15) is 5.76 Å². The molecule has 152 valence electrons. The molecule has 0 N–H and O–H groups in total. The Morgan fingerprint density at radius 2 is 2.21 bits per heavy atom. The number of nitrogens with zero attached hydrogens (tertiary/aromatic N) is 4. The van der Waals surface area contributed by atoms with E-state index in [1.165, 1.54) is 11.3 Å². The van der Waals surface area contributed by atoms with E-state index in [4.69, 9.17) is 9.52 Å². The molecule has 0 saturated heterocycles. The third kappa shape index (κ3) is 4.22. The van der Waals surface area contributed by atoms with Crippen LogP contribution < -0.4 is 0 Å². The zero-order valence-electron chi connectivity index (χ0n) is 17.6. The summed E-state index contributed by atoms with van der Waals surface area (Å²) >= 11 is 0. The summed E-state index contributed by atoms with van der Waals surface area (Å²) in [5.74, 6) is 0.736. The highest BCUT2D eigenvalue weighted by Crippen LogP contribution is 2.28. The summed E-state index contributed by atoms with van der Waals surface area (Å²) in [5, 5.41) is 4.70. The van der Waals surface area contributed by atoms with Crippen LogP contribution in [0.4, 0.5) is 0 Å². The van der Waals surface area contributed by atoms with Crippen LogP contribution in [-0.4, -0.2) is 51.7 Å². The molecule has 1 atom stereocenters. The topological polar surface area (TPSA) is 54.5 Å². The summed E-state index contributed by atoms with van der Waals surface area (Å²) in [6.07, 6.45) is 4.55. The molecular weight excluding hydrogens is 352 g/mol. The third-order valence-corrected chi connectivity index (χ3v) is 5.54. The first-order chi connectivity index (χ1) is 13.4. The van der Waals surface area contributed by atoms with Crippen molar-refractivity contribution in [2.24, 2.45) is 0 Å². The predicted molar refractivity (Wildman–Crippen MR) is 110 cm³/mol. The number of rotatable bonds is 8. The highest BCUT2D eigenvalue weighted by molar-refractivity contribution is 5.94. The quantitative estimate of drug-likeness (QED) is 0.654. The average Bonchev–Trinajstić information content (AvgIpc) is 3.32. The highest BCUT2D eigenvalue weighted by atomic mass is 16.3. The Hall–Kier alpha value is -2.34. The molecule has 0 spiro atoms. The van der Waals surface area contributed by atoms with Crippen molar-refractivity contribution in [2.45, 2.75) is 59.2 Å². The summed E-state index contributed by atoms with van der Waals surface area (Å²) in [4.78, 5) is 17.3. The van der Waals surface area contributed by atoms with Gasteiger partial charge >= 0.3 is 0 Å². The van der Waals surface area contributed by atoms with Crippen LogP contribution in [0.3, 0.4) is 0 Å². The fraction of sp³-hybridized carbons (Fsp3) is 0.545. The minimum Gasteiger partial charge on any atom is -0.467 e. The van der Waals surface area contributed by atoms with Crippen LogP contribution in [0.1, 0.15) is 54.7 Å². The molecule has 28 heavy (non-hydrogen) atoms. The molecule has 3 rings (SSSR count). The first-order valence-corrected chi connectivity index (χ1v) is 10.2. The van der Waals surface area contributed by atoms with Crippen molar-refractivity contribution in [1.82, 2.24) is 19.6 Å². The normalized spacial score (nSPS) is 16.2. The fourth-order valence-electron chi connectivity index (χ4n) is 4.15. The number of hydrogen-bond donors (Lipinski definition) is 0. The number of carbonyl (C=O) groups excluding carboxylic acids is 1. The Kier molecular flexibility index (Phi) is 6.39. The van der Waals surface area contributed by atoms with E-state index < -0.39 is 0 Å². The molecule has 1 unspecified atom stereocenters. The number of furan rings is 1. The predicted octanol–water partition coefficient (Wildman–Crippen LogP) is 3.52. The highest BCUT2D eigenvalue weighted by Gasteiger charge is 2.32. The molecule has 0 radical (unpaired) electrons. The molecule has 0 saturated carbocycles. The van der Waals surface area contributed by atoms with Crippen LogP contribution in [0, 0.1) is 0 Å². The van der Waals surface area contributed by atoms with Gasteiger partial charge < -0.3 is 9.32 Å². The van der Waals surface area contributed by atoms with Crippen molar-refractivity contribution in [3.63, 3.8) is 0 Å². The Bertz CT molecular complexity index is 822. The lowest BCUT2D eigenvalue weighted by Crippen LogP contribution is -2.40. The Balaban J connectivity index is 1.85. The van der Waals surface area contributed by atoms with Crippen molar-refractivity contribution in [3.05, 3.63) is 53.3 Å². The SMILES string of the molecule is C=C(C)CN(CC)C1CCc2c(c(C(=O)N(C)Cc3ccco3)nn2CC)C1. The molecule has 1 amide bonds. The lowest BCUT2D eigenvalue weighted by atomic mass is 9.89. The molecule has 6 nitrogen and oxygen atoms in total. The van der Waals surface area contributed by atoms with Gasteiger partial charge in [-0.1, -0.05) is 19.1 Å². The summed E-state index contributed by atoms with van der Waals surface area (Å²) in [5.41, 5.74) is 4.11. The molecule has 0 fully saturated rings. The monoisotopic (exact) mass is 384 g/mol. The van der Waals surface area contributed by atoms with Crippen molar-refractivity contribution >= 4 is 5.91 Å². The zero-order valence-corrected chi connectivity index (χ0v) is 17.6. The number of amides is 1.